The number of likely N-dealkylation sites (tertiary alicyclic amines) is 1. The Morgan fingerprint density at radius 2 is 1.90 bits per heavy atom. The first-order valence-electron chi connectivity index (χ1n) is 8.42. The lowest BCUT2D eigenvalue weighted by Crippen LogP contribution is -2.47. The van der Waals surface area contributed by atoms with E-state index in [1.807, 2.05) is 0 Å². The van der Waals surface area contributed by atoms with Crippen LogP contribution in [0.15, 0.2) is 0 Å². The standard InChI is InChI=1S/C16H33N3O/c1-4-9-17-13-5-7-14(8-6-13)19-12-16(20)10-15(19)11-18(2)3/h13-17,20H,4-12H2,1-3H3. The molecule has 1 aliphatic carbocycles. The highest BCUT2D eigenvalue weighted by atomic mass is 16.3. The van der Waals surface area contributed by atoms with E-state index in [9.17, 15) is 5.11 Å². The third-order valence-electron chi connectivity index (χ3n) is 4.86. The summed E-state index contributed by atoms with van der Waals surface area (Å²) in [5.41, 5.74) is 0. The number of hydrogen-bond acceptors (Lipinski definition) is 4. The second-order valence-electron chi connectivity index (χ2n) is 6.96. The molecule has 1 saturated heterocycles. The summed E-state index contributed by atoms with van der Waals surface area (Å²) in [5, 5.41) is 13.7. The van der Waals surface area contributed by atoms with E-state index in [1.165, 1.54) is 32.1 Å². The molecule has 0 aromatic rings. The van der Waals surface area contributed by atoms with Gasteiger partial charge in [0, 0.05) is 31.2 Å². The molecule has 2 atom stereocenters. The summed E-state index contributed by atoms with van der Waals surface area (Å²) < 4.78 is 0. The average Bonchev–Trinajstić information content (AvgIpc) is 2.77. The van der Waals surface area contributed by atoms with Crippen LogP contribution in [0, 0.1) is 0 Å². The average molecular weight is 283 g/mol. The van der Waals surface area contributed by atoms with Crippen molar-refractivity contribution in [2.24, 2.45) is 0 Å². The van der Waals surface area contributed by atoms with Crippen LogP contribution < -0.4 is 5.32 Å². The molecule has 0 aromatic carbocycles. The normalized spacial score (nSPS) is 35.9. The molecule has 2 N–H and O–H groups in total. The van der Waals surface area contributed by atoms with E-state index < -0.39 is 0 Å². The second-order valence-corrected chi connectivity index (χ2v) is 6.96. The maximum Gasteiger partial charge on any atom is 0.0682 e. The minimum atomic E-state index is -0.115. The van der Waals surface area contributed by atoms with Gasteiger partial charge in [-0.3, -0.25) is 4.90 Å². The fourth-order valence-electron chi connectivity index (χ4n) is 3.92. The van der Waals surface area contributed by atoms with Crippen molar-refractivity contribution < 1.29 is 5.11 Å². The number of nitrogens with one attached hydrogen (secondary N) is 1. The van der Waals surface area contributed by atoms with Crippen molar-refractivity contribution in [3.63, 3.8) is 0 Å². The highest BCUT2D eigenvalue weighted by molar-refractivity contribution is 4.93. The van der Waals surface area contributed by atoms with Crippen molar-refractivity contribution in [1.82, 2.24) is 15.1 Å². The number of aliphatic hydroxyl groups is 1. The zero-order valence-corrected chi connectivity index (χ0v) is 13.5. The fourth-order valence-corrected chi connectivity index (χ4v) is 3.92. The zero-order chi connectivity index (χ0) is 14.5. The molecule has 2 rings (SSSR count). The van der Waals surface area contributed by atoms with E-state index in [0.717, 1.165) is 32.1 Å². The van der Waals surface area contributed by atoms with Crippen molar-refractivity contribution in [3.8, 4) is 0 Å². The minimum Gasteiger partial charge on any atom is -0.392 e. The van der Waals surface area contributed by atoms with Gasteiger partial charge in [-0.05, 0) is 59.2 Å². The minimum absolute atomic E-state index is 0.115. The van der Waals surface area contributed by atoms with E-state index in [1.54, 1.807) is 0 Å². The Morgan fingerprint density at radius 1 is 1.20 bits per heavy atom. The van der Waals surface area contributed by atoms with Gasteiger partial charge in [-0.2, -0.15) is 0 Å². The van der Waals surface area contributed by atoms with Crippen molar-refractivity contribution in [2.75, 3.05) is 33.7 Å². The molecule has 4 nitrogen and oxygen atoms in total. The molecule has 0 spiro atoms. The molecule has 0 amide bonds. The predicted octanol–water partition coefficient (Wildman–Crippen LogP) is 1.29. The van der Waals surface area contributed by atoms with Crippen molar-refractivity contribution in [1.29, 1.82) is 0 Å². The molecule has 2 aliphatic rings. The maximum absolute atomic E-state index is 10.0. The lowest BCUT2D eigenvalue weighted by atomic mass is 9.89. The number of nitrogens with zero attached hydrogens (tertiary/aromatic N) is 2. The van der Waals surface area contributed by atoms with Crippen LogP contribution in [0.5, 0.6) is 0 Å². The van der Waals surface area contributed by atoms with Gasteiger partial charge in [-0.1, -0.05) is 6.92 Å². The second kappa shape index (κ2) is 7.74. The summed E-state index contributed by atoms with van der Waals surface area (Å²) in [6.45, 7) is 5.35. The van der Waals surface area contributed by atoms with Gasteiger partial charge in [0.05, 0.1) is 6.10 Å². The number of aliphatic hydroxyl groups excluding tert-OH is 1. The highest BCUT2D eigenvalue weighted by Gasteiger charge is 2.37. The van der Waals surface area contributed by atoms with E-state index >= 15 is 0 Å². The first-order chi connectivity index (χ1) is 9.60. The smallest absolute Gasteiger partial charge is 0.0682 e. The third kappa shape index (κ3) is 4.42. The number of rotatable bonds is 6. The van der Waals surface area contributed by atoms with Gasteiger partial charge in [0.2, 0.25) is 0 Å². The molecule has 2 unspecified atom stereocenters. The van der Waals surface area contributed by atoms with E-state index in [0.29, 0.717) is 12.1 Å². The largest absolute Gasteiger partial charge is 0.392 e. The molecule has 0 bridgehead atoms. The quantitative estimate of drug-likeness (QED) is 0.770. The predicted molar refractivity (Wildman–Crippen MR) is 84.0 cm³/mol. The van der Waals surface area contributed by atoms with Crippen molar-refractivity contribution in [3.05, 3.63) is 0 Å². The van der Waals surface area contributed by atoms with Crippen LogP contribution in [0.4, 0.5) is 0 Å². The monoisotopic (exact) mass is 283 g/mol. The summed E-state index contributed by atoms with van der Waals surface area (Å²) in [7, 11) is 4.27. The molecule has 0 aromatic heterocycles. The molecule has 2 fully saturated rings. The molecule has 1 saturated carbocycles. The maximum atomic E-state index is 10.0. The highest BCUT2D eigenvalue weighted by Crippen LogP contribution is 2.29. The Hall–Kier alpha value is -0.160. The van der Waals surface area contributed by atoms with Crippen molar-refractivity contribution >= 4 is 0 Å². The summed E-state index contributed by atoms with van der Waals surface area (Å²) in [4.78, 5) is 4.85. The summed E-state index contributed by atoms with van der Waals surface area (Å²) in [6, 6.07) is 1.97. The molecule has 20 heavy (non-hydrogen) atoms. The van der Waals surface area contributed by atoms with Gasteiger partial charge in [0.15, 0.2) is 0 Å². The molecular formula is C16H33N3O. The fraction of sp³-hybridized carbons (Fsp3) is 1.00. The van der Waals surface area contributed by atoms with Crippen molar-refractivity contribution in [2.45, 2.75) is 69.7 Å². The molecule has 0 radical (unpaired) electrons. The molecular weight excluding hydrogens is 250 g/mol. The van der Waals surface area contributed by atoms with Gasteiger partial charge in [-0.15, -0.1) is 0 Å². The summed E-state index contributed by atoms with van der Waals surface area (Å²) >= 11 is 0. The SMILES string of the molecule is CCCNC1CCC(N2CC(O)CC2CN(C)C)CC1. The zero-order valence-electron chi connectivity index (χ0n) is 13.5. The number of β-amino-alcohol motifs (C(OH)–C–C–N with tert-alkyl or cyclic N) is 1. The Kier molecular flexibility index (Phi) is 6.27. The van der Waals surface area contributed by atoms with Crippen LogP contribution >= 0.6 is 0 Å². The van der Waals surface area contributed by atoms with Crippen LogP contribution in [0.25, 0.3) is 0 Å². The topological polar surface area (TPSA) is 38.7 Å². The van der Waals surface area contributed by atoms with Gasteiger partial charge >= 0.3 is 0 Å². The van der Waals surface area contributed by atoms with Crippen LogP contribution in [0.1, 0.15) is 45.4 Å². The Balaban J connectivity index is 1.82. The molecule has 118 valence electrons. The Bertz CT molecular complexity index is 277. The van der Waals surface area contributed by atoms with Crippen LogP contribution in [-0.4, -0.2) is 72.9 Å². The third-order valence-corrected chi connectivity index (χ3v) is 4.86. The number of hydrogen-bond donors (Lipinski definition) is 2. The first-order valence-corrected chi connectivity index (χ1v) is 8.42. The van der Waals surface area contributed by atoms with Crippen LogP contribution in [-0.2, 0) is 0 Å². The first kappa shape index (κ1) is 16.2. The van der Waals surface area contributed by atoms with E-state index in [4.69, 9.17) is 0 Å². The molecule has 1 heterocycles. The molecule has 4 heteroatoms. The van der Waals surface area contributed by atoms with Gasteiger partial charge < -0.3 is 15.3 Å². The number of likely N-dealkylation sites (N-methyl/N-ethyl adjacent to an activating group) is 1. The summed E-state index contributed by atoms with van der Waals surface area (Å²) in [5.74, 6) is 0. The van der Waals surface area contributed by atoms with Gasteiger partial charge in [-0.25, -0.2) is 0 Å². The summed E-state index contributed by atoms with van der Waals surface area (Å²) in [6.07, 6.45) is 7.24. The Labute approximate surface area is 124 Å². The molecule has 1 aliphatic heterocycles. The lowest BCUT2D eigenvalue weighted by molar-refractivity contribution is 0.104. The van der Waals surface area contributed by atoms with E-state index in [-0.39, 0.29) is 6.10 Å². The van der Waals surface area contributed by atoms with Gasteiger partial charge in [0.25, 0.3) is 0 Å². The van der Waals surface area contributed by atoms with Crippen LogP contribution in [0.2, 0.25) is 0 Å². The van der Waals surface area contributed by atoms with Gasteiger partial charge in [0.1, 0.15) is 0 Å². The lowest BCUT2D eigenvalue weighted by Gasteiger charge is -2.38. The Morgan fingerprint density at radius 3 is 2.50 bits per heavy atom. The van der Waals surface area contributed by atoms with E-state index in [2.05, 4.69) is 36.1 Å². The van der Waals surface area contributed by atoms with Crippen LogP contribution in [0.3, 0.4) is 0 Å².